The third-order valence-electron chi connectivity index (χ3n) is 9.61. The van der Waals surface area contributed by atoms with E-state index in [1.54, 1.807) is 0 Å². The standard InChI is InChI=1S/C20H32O4/c1-11-13-7-14(21)16(2,3)20(13)15(22)9-18-8-12(17(4,23)10-18)5-6-19(11,18)24-20/h11-15,21-23H,5-10H2,1-4H3/t11-,12+,13-,14-,15+,17+,18+,19+,20-/m0/s1. The minimum atomic E-state index is -0.635. The second-order valence-electron chi connectivity index (χ2n) is 10.6. The number of aliphatic hydroxyl groups excluding tert-OH is 2. The van der Waals surface area contributed by atoms with E-state index < -0.39 is 28.8 Å². The van der Waals surface area contributed by atoms with Crippen molar-refractivity contribution < 1.29 is 20.1 Å². The Kier molecular flexibility index (Phi) is 2.71. The number of ether oxygens (including phenoxy) is 1. The average molecular weight is 336 g/mol. The van der Waals surface area contributed by atoms with Crippen LogP contribution in [0.3, 0.4) is 0 Å². The van der Waals surface area contributed by atoms with Gasteiger partial charge in [0.25, 0.3) is 0 Å². The Morgan fingerprint density at radius 1 is 1.04 bits per heavy atom. The van der Waals surface area contributed by atoms with Gasteiger partial charge in [0, 0.05) is 10.8 Å². The zero-order chi connectivity index (χ0) is 17.3. The molecule has 0 aromatic carbocycles. The van der Waals surface area contributed by atoms with Gasteiger partial charge in [-0.15, -0.1) is 0 Å². The molecule has 0 radical (unpaired) electrons. The minimum absolute atomic E-state index is 0.102. The number of fused-ring (bicyclic) bond motifs is 1. The molecule has 5 fully saturated rings. The lowest BCUT2D eigenvalue weighted by Crippen LogP contribution is -2.66. The van der Waals surface area contributed by atoms with Crippen LogP contribution in [0, 0.1) is 28.6 Å². The molecule has 24 heavy (non-hydrogen) atoms. The Morgan fingerprint density at radius 3 is 2.46 bits per heavy atom. The molecule has 4 bridgehead atoms. The molecule has 4 nitrogen and oxygen atoms in total. The first-order valence-corrected chi connectivity index (χ1v) is 9.81. The highest BCUT2D eigenvalue weighted by Crippen LogP contribution is 2.77. The van der Waals surface area contributed by atoms with E-state index in [1.807, 2.05) is 6.92 Å². The second kappa shape index (κ2) is 4.05. The van der Waals surface area contributed by atoms with Gasteiger partial charge in [-0.05, 0) is 63.2 Å². The van der Waals surface area contributed by atoms with Crippen LogP contribution in [-0.2, 0) is 4.74 Å². The maximum atomic E-state index is 11.3. The summed E-state index contributed by atoms with van der Waals surface area (Å²) in [5.41, 5.74) is -2.03. The number of hydrogen-bond donors (Lipinski definition) is 3. The largest absolute Gasteiger partial charge is 0.392 e. The van der Waals surface area contributed by atoms with Gasteiger partial charge in [-0.3, -0.25) is 0 Å². The molecule has 4 heteroatoms. The van der Waals surface area contributed by atoms with Gasteiger partial charge < -0.3 is 20.1 Å². The first kappa shape index (κ1) is 16.0. The average Bonchev–Trinajstić information content (AvgIpc) is 2.91. The zero-order valence-corrected chi connectivity index (χ0v) is 15.4. The SMILES string of the molecule is C[C@H]1[C@@H]2C[C@H](O)C(C)(C)[C@]23O[C@]12CC[C@@H]1C[C@@]2(C[C@H]3O)C[C@@]1(C)O. The Hall–Kier alpha value is -0.160. The van der Waals surface area contributed by atoms with Crippen molar-refractivity contribution in [1.29, 1.82) is 0 Å². The summed E-state index contributed by atoms with van der Waals surface area (Å²) >= 11 is 0. The van der Waals surface area contributed by atoms with Gasteiger partial charge in [-0.25, -0.2) is 0 Å². The fourth-order valence-electron chi connectivity index (χ4n) is 8.40. The van der Waals surface area contributed by atoms with Crippen molar-refractivity contribution in [2.45, 2.75) is 95.2 Å². The monoisotopic (exact) mass is 336 g/mol. The molecule has 3 spiro atoms. The highest BCUT2D eigenvalue weighted by Gasteiger charge is 2.82. The molecule has 3 aliphatic carbocycles. The summed E-state index contributed by atoms with van der Waals surface area (Å²) < 4.78 is 7.00. The van der Waals surface area contributed by atoms with E-state index in [-0.39, 0.29) is 16.9 Å². The van der Waals surface area contributed by atoms with Crippen molar-refractivity contribution in [1.82, 2.24) is 0 Å². The van der Waals surface area contributed by atoms with E-state index in [0.717, 1.165) is 38.5 Å². The maximum Gasteiger partial charge on any atom is 0.106 e. The topological polar surface area (TPSA) is 69.9 Å². The van der Waals surface area contributed by atoms with Crippen LogP contribution in [0.25, 0.3) is 0 Å². The summed E-state index contributed by atoms with van der Waals surface area (Å²) in [5, 5.41) is 33.0. The fraction of sp³-hybridized carbons (Fsp3) is 1.00. The van der Waals surface area contributed by atoms with Crippen molar-refractivity contribution in [3.05, 3.63) is 0 Å². The quantitative estimate of drug-likeness (QED) is 0.634. The van der Waals surface area contributed by atoms with Crippen molar-refractivity contribution in [3.63, 3.8) is 0 Å². The van der Waals surface area contributed by atoms with Crippen molar-refractivity contribution in [2.75, 3.05) is 0 Å². The lowest BCUT2D eigenvalue weighted by Gasteiger charge is -2.60. The van der Waals surface area contributed by atoms with Gasteiger partial charge >= 0.3 is 0 Å². The summed E-state index contributed by atoms with van der Waals surface area (Å²) in [6.07, 6.45) is 4.20. The van der Waals surface area contributed by atoms with Gasteiger partial charge in [0.1, 0.15) is 5.60 Å². The lowest BCUT2D eigenvalue weighted by molar-refractivity contribution is -0.300. The summed E-state index contributed by atoms with van der Waals surface area (Å²) in [6, 6.07) is 0. The van der Waals surface area contributed by atoms with E-state index >= 15 is 0 Å². The van der Waals surface area contributed by atoms with Crippen LogP contribution in [0.4, 0.5) is 0 Å². The van der Waals surface area contributed by atoms with E-state index in [4.69, 9.17) is 4.74 Å². The van der Waals surface area contributed by atoms with E-state index in [1.165, 1.54) is 0 Å². The van der Waals surface area contributed by atoms with Crippen molar-refractivity contribution >= 4 is 0 Å². The highest BCUT2D eigenvalue weighted by molar-refractivity contribution is 5.31. The molecule has 2 aliphatic heterocycles. The molecule has 3 saturated carbocycles. The number of aliphatic hydroxyl groups is 3. The first-order chi connectivity index (χ1) is 11.0. The smallest absolute Gasteiger partial charge is 0.106 e. The van der Waals surface area contributed by atoms with Gasteiger partial charge in [-0.1, -0.05) is 20.8 Å². The van der Waals surface area contributed by atoms with Gasteiger partial charge in [0.15, 0.2) is 0 Å². The third kappa shape index (κ3) is 1.35. The van der Waals surface area contributed by atoms with Crippen LogP contribution in [-0.4, -0.2) is 44.3 Å². The molecule has 0 unspecified atom stereocenters. The van der Waals surface area contributed by atoms with Crippen LogP contribution < -0.4 is 0 Å². The molecule has 0 amide bonds. The van der Waals surface area contributed by atoms with Crippen LogP contribution in [0.1, 0.15) is 66.2 Å². The minimum Gasteiger partial charge on any atom is -0.392 e. The predicted octanol–water partition coefficient (Wildman–Crippen LogP) is 2.24. The van der Waals surface area contributed by atoms with Gasteiger partial charge in [0.2, 0.25) is 0 Å². The van der Waals surface area contributed by atoms with Crippen LogP contribution in [0.15, 0.2) is 0 Å². The highest BCUT2D eigenvalue weighted by atomic mass is 16.6. The Labute approximate surface area is 144 Å². The molecule has 0 aromatic heterocycles. The van der Waals surface area contributed by atoms with Crippen LogP contribution in [0.5, 0.6) is 0 Å². The Balaban J connectivity index is 1.68. The lowest BCUT2D eigenvalue weighted by atomic mass is 9.57. The number of hydrogen-bond acceptors (Lipinski definition) is 4. The van der Waals surface area contributed by atoms with Gasteiger partial charge in [-0.2, -0.15) is 0 Å². The summed E-state index contributed by atoms with van der Waals surface area (Å²) in [6.45, 7) is 8.41. The van der Waals surface area contributed by atoms with E-state index in [9.17, 15) is 15.3 Å². The normalized spacial score (nSPS) is 66.4. The predicted molar refractivity (Wildman–Crippen MR) is 89.2 cm³/mol. The van der Waals surface area contributed by atoms with Gasteiger partial charge in [0.05, 0.1) is 23.4 Å². The molecule has 5 rings (SSSR count). The molecular weight excluding hydrogens is 304 g/mol. The molecule has 3 N–H and O–H groups in total. The first-order valence-electron chi connectivity index (χ1n) is 9.81. The summed E-state index contributed by atoms with van der Waals surface area (Å²) in [4.78, 5) is 0. The molecule has 5 aliphatic rings. The van der Waals surface area contributed by atoms with Crippen LogP contribution in [0.2, 0.25) is 0 Å². The Morgan fingerprint density at radius 2 is 1.75 bits per heavy atom. The molecule has 2 heterocycles. The Bertz CT molecular complexity index is 600. The second-order valence-corrected chi connectivity index (χ2v) is 10.6. The fourth-order valence-corrected chi connectivity index (χ4v) is 8.40. The zero-order valence-electron chi connectivity index (χ0n) is 15.4. The maximum absolute atomic E-state index is 11.3. The van der Waals surface area contributed by atoms with E-state index in [2.05, 4.69) is 20.8 Å². The van der Waals surface area contributed by atoms with E-state index in [0.29, 0.717) is 11.8 Å². The third-order valence-corrected chi connectivity index (χ3v) is 9.61. The molecule has 9 atom stereocenters. The molecule has 0 aromatic rings. The van der Waals surface area contributed by atoms with Crippen molar-refractivity contribution in [2.24, 2.45) is 28.6 Å². The van der Waals surface area contributed by atoms with Crippen molar-refractivity contribution in [3.8, 4) is 0 Å². The van der Waals surface area contributed by atoms with Crippen LogP contribution >= 0.6 is 0 Å². The number of rotatable bonds is 0. The molecule has 2 saturated heterocycles. The molecule has 136 valence electrons. The molecular formula is C20H32O4. The summed E-state index contributed by atoms with van der Waals surface area (Å²) in [5.74, 6) is 0.860. The summed E-state index contributed by atoms with van der Waals surface area (Å²) in [7, 11) is 0.